The van der Waals surface area contributed by atoms with E-state index in [4.69, 9.17) is 11.0 Å². The van der Waals surface area contributed by atoms with Gasteiger partial charge in [0.05, 0.1) is 6.07 Å². The van der Waals surface area contributed by atoms with Crippen molar-refractivity contribution >= 4 is 0 Å². The minimum atomic E-state index is 0.413. The lowest BCUT2D eigenvalue weighted by atomic mass is 9.98. The fourth-order valence-corrected chi connectivity index (χ4v) is 2.86. The van der Waals surface area contributed by atoms with Crippen molar-refractivity contribution in [1.82, 2.24) is 4.90 Å². The van der Waals surface area contributed by atoms with Crippen LogP contribution in [-0.4, -0.2) is 29.6 Å². The second-order valence-corrected chi connectivity index (χ2v) is 4.26. The molecule has 2 aliphatic rings. The minimum absolute atomic E-state index is 0.413. The first-order valence-electron chi connectivity index (χ1n) is 5.19. The van der Waals surface area contributed by atoms with Gasteiger partial charge in [-0.15, -0.1) is 0 Å². The van der Waals surface area contributed by atoms with Gasteiger partial charge in [0, 0.05) is 31.1 Å². The van der Waals surface area contributed by atoms with Crippen LogP contribution in [0.4, 0.5) is 0 Å². The van der Waals surface area contributed by atoms with Gasteiger partial charge in [-0.3, -0.25) is 4.90 Å². The molecule has 2 N–H and O–H groups in total. The van der Waals surface area contributed by atoms with Gasteiger partial charge in [-0.25, -0.2) is 0 Å². The highest BCUT2D eigenvalue weighted by Gasteiger charge is 2.38. The summed E-state index contributed by atoms with van der Waals surface area (Å²) >= 11 is 0. The van der Waals surface area contributed by atoms with Crippen LogP contribution >= 0.6 is 0 Å². The Bertz CT molecular complexity index is 207. The Hall–Kier alpha value is -0.590. The summed E-state index contributed by atoms with van der Waals surface area (Å²) in [5, 5.41) is 8.54. The normalized spacial score (nSPS) is 38.9. The van der Waals surface area contributed by atoms with Crippen LogP contribution in [0.15, 0.2) is 0 Å². The van der Waals surface area contributed by atoms with Gasteiger partial charge in [-0.1, -0.05) is 0 Å². The highest BCUT2D eigenvalue weighted by atomic mass is 15.2. The van der Waals surface area contributed by atoms with Crippen molar-refractivity contribution in [2.45, 2.75) is 50.2 Å². The summed E-state index contributed by atoms with van der Waals surface area (Å²) < 4.78 is 0. The van der Waals surface area contributed by atoms with Gasteiger partial charge >= 0.3 is 0 Å². The zero-order valence-corrected chi connectivity index (χ0v) is 7.95. The van der Waals surface area contributed by atoms with Crippen LogP contribution in [0.5, 0.6) is 0 Å². The van der Waals surface area contributed by atoms with E-state index in [1.165, 1.54) is 12.8 Å². The van der Waals surface area contributed by atoms with Crippen LogP contribution in [0.3, 0.4) is 0 Å². The lowest BCUT2D eigenvalue weighted by Gasteiger charge is -2.37. The Morgan fingerprint density at radius 2 is 1.92 bits per heavy atom. The van der Waals surface area contributed by atoms with E-state index in [2.05, 4.69) is 11.0 Å². The average molecular weight is 179 g/mol. The van der Waals surface area contributed by atoms with Crippen molar-refractivity contribution in [1.29, 1.82) is 5.26 Å². The van der Waals surface area contributed by atoms with E-state index in [9.17, 15) is 0 Å². The second kappa shape index (κ2) is 3.65. The molecule has 1 unspecified atom stereocenters. The zero-order chi connectivity index (χ0) is 9.26. The molecule has 72 valence electrons. The number of piperidine rings is 1. The largest absolute Gasteiger partial charge is 0.328 e. The number of nitrogens with zero attached hydrogens (tertiary/aromatic N) is 2. The summed E-state index contributed by atoms with van der Waals surface area (Å²) in [7, 11) is 0. The van der Waals surface area contributed by atoms with Crippen molar-refractivity contribution in [3.63, 3.8) is 0 Å². The van der Waals surface area contributed by atoms with E-state index in [0.29, 0.717) is 24.5 Å². The van der Waals surface area contributed by atoms with E-state index < -0.39 is 0 Å². The monoisotopic (exact) mass is 179 g/mol. The van der Waals surface area contributed by atoms with Crippen LogP contribution < -0.4 is 5.73 Å². The SMILES string of the molecule is N#CCCN1[C@@H]2CC[C@H]1CC(N)C2. The molecule has 2 rings (SSSR count). The van der Waals surface area contributed by atoms with Crippen LogP contribution in [0.1, 0.15) is 32.1 Å². The maximum atomic E-state index is 8.54. The first kappa shape index (κ1) is 8.98. The molecule has 3 heteroatoms. The predicted molar refractivity (Wildman–Crippen MR) is 51.0 cm³/mol. The molecule has 3 nitrogen and oxygen atoms in total. The molecule has 0 aromatic heterocycles. The van der Waals surface area contributed by atoms with Crippen LogP contribution in [-0.2, 0) is 0 Å². The molecule has 2 heterocycles. The molecule has 2 saturated heterocycles. The van der Waals surface area contributed by atoms with E-state index >= 15 is 0 Å². The van der Waals surface area contributed by atoms with E-state index in [-0.39, 0.29) is 0 Å². The fraction of sp³-hybridized carbons (Fsp3) is 0.900. The summed E-state index contributed by atoms with van der Waals surface area (Å²) in [6.45, 7) is 0.957. The maximum Gasteiger partial charge on any atom is 0.0635 e. The molecular weight excluding hydrogens is 162 g/mol. The van der Waals surface area contributed by atoms with Crippen molar-refractivity contribution in [3.05, 3.63) is 0 Å². The summed E-state index contributed by atoms with van der Waals surface area (Å²) in [5.41, 5.74) is 5.95. The van der Waals surface area contributed by atoms with Gasteiger partial charge < -0.3 is 5.73 Å². The summed E-state index contributed by atoms with van der Waals surface area (Å²) in [6, 6.07) is 4.00. The summed E-state index contributed by atoms with van der Waals surface area (Å²) in [4.78, 5) is 2.51. The number of nitrogens with two attached hydrogens (primary N) is 1. The quantitative estimate of drug-likeness (QED) is 0.684. The third kappa shape index (κ3) is 1.70. The van der Waals surface area contributed by atoms with Gasteiger partial charge in [-0.05, 0) is 25.7 Å². The second-order valence-electron chi connectivity index (χ2n) is 4.26. The number of hydrogen-bond acceptors (Lipinski definition) is 3. The Balaban J connectivity index is 1.95. The lowest BCUT2D eigenvalue weighted by molar-refractivity contribution is 0.131. The van der Waals surface area contributed by atoms with Gasteiger partial charge in [0.15, 0.2) is 0 Å². The molecule has 3 atom stereocenters. The van der Waals surface area contributed by atoms with E-state index in [1.54, 1.807) is 0 Å². The Kier molecular flexibility index (Phi) is 2.52. The lowest BCUT2D eigenvalue weighted by Crippen LogP contribution is -2.47. The topological polar surface area (TPSA) is 53.0 Å². The Morgan fingerprint density at radius 3 is 2.46 bits per heavy atom. The molecule has 13 heavy (non-hydrogen) atoms. The van der Waals surface area contributed by atoms with Gasteiger partial charge in [-0.2, -0.15) is 5.26 Å². The smallest absolute Gasteiger partial charge is 0.0635 e. The van der Waals surface area contributed by atoms with Gasteiger partial charge in [0.2, 0.25) is 0 Å². The van der Waals surface area contributed by atoms with Crippen molar-refractivity contribution in [3.8, 4) is 6.07 Å². The number of nitriles is 1. The van der Waals surface area contributed by atoms with Gasteiger partial charge in [0.1, 0.15) is 0 Å². The van der Waals surface area contributed by atoms with E-state index in [0.717, 1.165) is 19.4 Å². The minimum Gasteiger partial charge on any atom is -0.328 e. The predicted octanol–water partition coefficient (Wildman–Crippen LogP) is 0.854. The molecule has 0 saturated carbocycles. The average Bonchev–Trinajstić information content (AvgIpc) is 2.33. The Labute approximate surface area is 79.5 Å². The molecule has 2 fully saturated rings. The number of fused-ring (bicyclic) bond motifs is 2. The van der Waals surface area contributed by atoms with Crippen molar-refractivity contribution in [2.24, 2.45) is 5.73 Å². The molecule has 0 spiro atoms. The zero-order valence-electron chi connectivity index (χ0n) is 7.95. The van der Waals surface area contributed by atoms with Crippen LogP contribution in [0.25, 0.3) is 0 Å². The summed E-state index contributed by atoms with van der Waals surface area (Å²) in [6.07, 6.45) is 5.54. The molecule has 2 bridgehead atoms. The van der Waals surface area contributed by atoms with Crippen LogP contribution in [0.2, 0.25) is 0 Å². The standard InChI is InChI=1S/C10H17N3/c11-4-1-5-13-9-2-3-10(13)7-8(12)6-9/h8-10H,1-3,5-7,12H2/t8?,9-,10+. The molecule has 0 aliphatic carbocycles. The molecule has 0 amide bonds. The maximum absolute atomic E-state index is 8.54. The highest BCUT2D eigenvalue weighted by Crippen LogP contribution is 2.34. The Morgan fingerprint density at radius 1 is 1.31 bits per heavy atom. The molecule has 0 aromatic carbocycles. The van der Waals surface area contributed by atoms with Gasteiger partial charge in [0.25, 0.3) is 0 Å². The third-order valence-electron chi connectivity index (χ3n) is 3.40. The molecule has 0 radical (unpaired) electrons. The highest BCUT2D eigenvalue weighted by molar-refractivity contribution is 4.97. The first-order chi connectivity index (χ1) is 6.31. The molecule has 2 aliphatic heterocycles. The first-order valence-corrected chi connectivity index (χ1v) is 5.19. The van der Waals surface area contributed by atoms with Crippen LogP contribution in [0, 0.1) is 11.3 Å². The summed E-state index contributed by atoms with van der Waals surface area (Å²) in [5.74, 6) is 0. The van der Waals surface area contributed by atoms with Crippen molar-refractivity contribution in [2.75, 3.05) is 6.54 Å². The molecular formula is C10H17N3. The van der Waals surface area contributed by atoms with E-state index in [1.807, 2.05) is 0 Å². The third-order valence-corrected chi connectivity index (χ3v) is 3.40. The molecule has 0 aromatic rings. The van der Waals surface area contributed by atoms with Crippen molar-refractivity contribution < 1.29 is 0 Å². The fourth-order valence-electron chi connectivity index (χ4n) is 2.86. The number of hydrogen-bond donors (Lipinski definition) is 1. The number of rotatable bonds is 2.